The molecule has 2 fully saturated rings. The Bertz CT molecular complexity index is 1080. The lowest BCUT2D eigenvalue weighted by Crippen LogP contribution is -2.53. The van der Waals surface area contributed by atoms with Crippen molar-refractivity contribution in [2.75, 3.05) is 37.6 Å². The molecule has 2 aliphatic heterocycles. The van der Waals surface area contributed by atoms with E-state index in [0.717, 1.165) is 12.1 Å². The van der Waals surface area contributed by atoms with Gasteiger partial charge in [0.1, 0.15) is 5.75 Å². The van der Waals surface area contributed by atoms with Gasteiger partial charge in [0.2, 0.25) is 15.9 Å². The van der Waals surface area contributed by atoms with Crippen LogP contribution in [0.3, 0.4) is 0 Å². The summed E-state index contributed by atoms with van der Waals surface area (Å²) in [5.74, 6) is 0.423. The number of ether oxygens (including phenoxy) is 1. The molecule has 1 atom stereocenters. The minimum Gasteiger partial charge on any atom is -0.481 e. The summed E-state index contributed by atoms with van der Waals surface area (Å²) >= 11 is 0. The Balaban J connectivity index is 1.35. The molecule has 2 aliphatic rings. The van der Waals surface area contributed by atoms with Crippen LogP contribution >= 0.6 is 0 Å². The van der Waals surface area contributed by atoms with Crippen molar-refractivity contribution in [2.24, 2.45) is 0 Å². The average molecular weight is 458 g/mol. The highest BCUT2D eigenvalue weighted by Gasteiger charge is 2.32. The molecule has 0 bridgehead atoms. The number of piperazine rings is 1. The van der Waals surface area contributed by atoms with Crippen LogP contribution < -0.4 is 9.64 Å². The third-order valence-electron chi connectivity index (χ3n) is 5.79. The number of benzene rings is 2. The summed E-state index contributed by atoms with van der Waals surface area (Å²) < 4.78 is 32.8. The molecular formula is C23H27N3O5S. The van der Waals surface area contributed by atoms with Gasteiger partial charge < -0.3 is 14.5 Å². The number of hydrogen-bond acceptors (Lipinski definition) is 5. The van der Waals surface area contributed by atoms with E-state index in [2.05, 4.69) is 0 Å². The molecule has 2 aromatic rings. The molecule has 2 aromatic carbocycles. The van der Waals surface area contributed by atoms with Crippen LogP contribution in [0.4, 0.5) is 5.69 Å². The second-order valence-corrected chi connectivity index (χ2v) is 9.89. The van der Waals surface area contributed by atoms with Crippen LogP contribution in [0, 0.1) is 0 Å². The molecule has 0 N–H and O–H groups in total. The van der Waals surface area contributed by atoms with Crippen LogP contribution in [0.5, 0.6) is 5.75 Å². The number of rotatable bonds is 6. The maximum absolute atomic E-state index is 12.9. The van der Waals surface area contributed by atoms with Crippen molar-refractivity contribution in [1.29, 1.82) is 0 Å². The van der Waals surface area contributed by atoms with Crippen molar-refractivity contribution in [3.8, 4) is 5.75 Å². The van der Waals surface area contributed by atoms with Gasteiger partial charge in [-0.2, -0.15) is 4.31 Å². The van der Waals surface area contributed by atoms with Crippen molar-refractivity contribution in [1.82, 2.24) is 9.21 Å². The number of amides is 2. The summed E-state index contributed by atoms with van der Waals surface area (Å²) in [4.78, 5) is 28.5. The molecule has 170 valence electrons. The van der Waals surface area contributed by atoms with E-state index >= 15 is 0 Å². The molecule has 9 heteroatoms. The monoisotopic (exact) mass is 457 g/mol. The second kappa shape index (κ2) is 9.30. The normalized spacial score (nSPS) is 18.6. The Labute approximate surface area is 188 Å². The van der Waals surface area contributed by atoms with Crippen LogP contribution in [0.1, 0.15) is 19.8 Å². The van der Waals surface area contributed by atoms with E-state index in [4.69, 9.17) is 4.74 Å². The first kappa shape index (κ1) is 22.3. The number of carbonyl (C=O) groups is 2. The van der Waals surface area contributed by atoms with E-state index < -0.39 is 16.1 Å². The third-order valence-corrected chi connectivity index (χ3v) is 7.71. The van der Waals surface area contributed by atoms with Crippen LogP contribution in [0.2, 0.25) is 0 Å². The Morgan fingerprint density at radius 2 is 1.69 bits per heavy atom. The Kier molecular flexibility index (Phi) is 6.48. The van der Waals surface area contributed by atoms with Crippen molar-refractivity contribution in [2.45, 2.75) is 30.8 Å². The van der Waals surface area contributed by atoms with Crippen LogP contribution in [0.15, 0.2) is 59.5 Å². The Hall–Kier alpha value is -2.91. The number of hydrogen-bond donors (Lipinski definition) is 0. The molecule has 0 radical (unpaired) electrons. The van der Waals surface area contributed by atoms with Crippen molar-refractivity contribution in [3.05, 3.63) is 54.6 Å². The molecule has 8 nitrogen and oxygen atoms in total. The van der Waals surface area contributed by atoms with Gasteiger partial charge in [0.25, 0.3) is 5.91 Å². The minimum atomic E-state index is -3.57. The lowest BCUT2D eigenvalue weighted by Gasteiger charge is -2.35. The van der Waals surface area contributed by atoms with Gasteiger partial charge in [-0.3, -0.25) is 9.59 Å². The number of sulfonamides is 1. The fourth-order valence-electron chi connectivity index (χ4n) is 4.05. The zero-order valence-corrected chi connectivity index (χ0v) is 18.8. The fraction of sp³-hybridized carbons (Fsp3) is 0.391. The molecule has 2 saturated heterocycles. The summed E-state index contributed by atoms with van der Waals surface area (Å²) in [6, 6.07) is 15.5. The van der Waals surface area contributed by atoms with Gasteiger partial charge in [0.15, 0.2) is 6.10 Å². The van der Waals surface area contributed by atoms with E-state index in [1.54, 1.807) is 65.3 Å². The Morgan fingerprint density at radius 1 is 0.969 bits per heavy atom. The number of nitrogens with zero attached hydrogens (tertiary/aromatic N) is 3. The van der Waals surface area contributed by atoms with E-state index in [1.807, 2.05) is 6.07 Å². The van der Waals surface area contributed by atoms with Gasteiger partial charge in [-0.05, 0) is 37.6 Å². The summed E-state index contributed by atoms with van der Waals surface area (Å²) in [5, 5.41) is 0. The summed E-state index contributed by atoms with van der Waals surface area (Å²) in [6.07, 6.45) is 0.660. The van der Waals surface area contributed by atoms with Gasteiger partial charge in [0, 0.05) is 50.9 Å². The maximum atomic E-state index is 12.9. The molecule has 2 heterocycles. The molecule has 4 rings (SSSR count). The lowest BCUT2D eigenvalue weighted by molar-refractivity contribution is -0.139. The van der Waals surface area contributed by atoms with Crippen LogP contribution in [-0.4, -0.2) is 68.3 Å². The molecular weight excluding hydrogens is 430 g/mol. The highest BCUT2D eigenvalue weighted by Crippen LogP contribution is 2.26. The van der Waals surface area contributed by atoms with Gasteiger partial charge >= 0.3 is 0 Å². The number of carbonyl (C=O) groups excluding carboxylic acids is 2. The largest absolute Gasteiger partial charge is 0.481 e. The van der Waals surface area contributed by atoms with Gasteiger partial charge in [-0.1, -0.05) is 24.3 Å². The predicted octanol–water partition coefficient (Wildman–Crippen LogP) is 2.11. The summed E-state index contributed by atoms with van der Waals surface area (Å²) in [7, 11) is -3.57. The smallest absolute Gasteiger partial charge is 0.263 e. The second-order valence-electron chi connectivity index (χ2n) is 7.95. The van der Waals surface area contributed by atoms with Crippen molar-refractivity contribution in [3.63, 3.8) is 0 Å². The number of anilines is 1. The highest BCUT2D eigenvalue weighted by atomic mass is 32.2. The molecule has 0 saturated carbocycles. The zero-order valence-electron chi connectivity index (χ0n) is 18.0. The van der Waals surface area contributed by atoms with E-state index in [0.29, 0.717) is 31.8 Å². The fourth-order valence-corrected chi connectivity index (χ4v) is 5.49. The standard InChI is InChI=1S/C23H27N3O5S/c1-18(31-20-8-5-7-19(17-20)26-12-6-11-22(26)27)23(28)24-13-15-25(16-14-24)32(29,30)21-9-3-2-4-10-21/h2-5,7-10,17-18H,6,11-16H2,1H3/t18-/m0/s1. The molecule has 0 aliphatic carbocycles. The SMILES string of the molecule is C[C@H](Oc1cccc(N2CCCC2=O)c1)C(=O)N1CCN(S(=O)(=O)c2ccccc2)CC1. The Morgan fingerprint density at radius 3 is 2.34 bits per heavy atom. The lowest BCUT2D eigenvalue weighted by atomic mass is 10.2. The topological polar surface area (TPSA) is 87.2 Å². The van der Waals surface area contributed by atoms with E-state index in [9.17, 15) is 18.0 Å². The van der Waals surface area contributed by atoms with E-state index in [-0.39, 0.29) is 29.8 Å². The van der Waals surface area contributed by atoms with Gasteiger partial charge in [0.05, 0.1) is 4.90 Å². The highest BCUT2D eigenvalue weighted by molar-refractivity contribution is 7.89. The average Bonchev–Trinajstić information content (AvgIpc) is 3.25. The molecule has 0 unspecified atom stereocenters. The minimum absolute atomic E-state index is 0.0922. The van der Waals surface area contributed by atoms with Crippen molar-refractivity contribution < 1.29 is 22.7 Å². The first-order chi connectivity index (χ1) is 15.4. The summed E-state index contributed by atoms with van der Waals surface area (Å²) in [6.45, 7) is 3.46. The zero-order chi connectivity index (χ0) is 22.7. The first-order valence-electron chi connectivity index (χ1n) is 10.8. The quantitative estimate of drug-likeness (QED) is 0.663. The van der Waals surface area contributed by atoms with Gasteiger partial charge in [-0.15, -0.1) is 0 Å². The van der Waals surface area contributed by atoms with E-state index in [1.165, 1.54) is 4.31 Å². The first-order valence-corrected chi connectivity index (χ1v) is 12.2. The van der Waals surface area contributed by atoms with Crippen LogP contribution in [-0.2, 0) is 19.6 Å². The molecule has 0 spiro atoms. The molecule has 2 amide bonds. The van der Waals surface area contributed by atoms with Crippen LogP contribution in [0.25, 0.3) is 0 Å². The summed E-state index contributed by atoms with van der Waals surface area (Å²) in [5.41, 5.74) is 0.768. The third kappa shape index (κ3) is 4.63. The molecule has 0 aromatic heterocycles. The predicted molar refractivity (Wildman–Crippen MR) is 120 cm³/mol. The van der Waals surface area contributed by atoms with Gasteiger partial charge in [-0.25, -0.2) is 8.42 Å². The van der Waals surface area contributed by atoms with Crippen molar-refractivity contribution >= 4 is 27.5 Å². The molecule has 32 heavy (non-hydrogen) atoms. The maximum Gasteiger partial charge on any atom is 0.263 e.